The van der Waals surface area contributed by atoms with Crippen LogP contribution in [0.5, 0.6) is 0 Å². The summed E-state index contributed by atoms with van der Waals surface area (Å²) < 4.78 is 7.12. The van der Waals surface area contributed by atoms with Crippen LogP contribution in [-0.4, -0.2) is 71.0 Å². The predicted molar refractivity (Wildman–Crippen MR) is 98.1 cm³/mol. The van der Waals surface area contributed by atoms with Crippen LogP contribution in [0.4, 0.5) is 5.82 Å². The molecule has 0 aliphatic carbocycles. The molecule has 3 heterocycles. The van der Waals surface area contributed by atoms with E-state index in [2.05, 4.69) is 20.3 Å². The van der Waals surface area contributed by atoms with Crippen molar-refractivity contribution < 1.29 is 25.2 Å². The summed E-state index contributed by atoms with van der Waals surface area (Å²) in [4.78, 5) is 12.6. The molecule has 1 aliphatic heterocycles. The fourth-order valence-corrected chi connectivity index (χ4v) is 3.29. The largest absolute Gasteiger partial charge is 0.394 e. The Hall–Kier alpha value is -2.63. The minimum Gasteiger partial charge on any atom is -0.394 e. The second-order valence-electron chi connectivity index (χ2n) is 6.60. The van der Waals surface area contributed by atoms with E-state index in [1.165, 1.54) is 17.2 Å². The van der Waals surface area contributed by atoms with Crippen molar-refractivity contribution in [2.45, 2.75) is 37.2 Å². The molecule has 2 aromatic heterocycles. The first-order chi connectivity index (χ1) is 13.6. The molecule has 5 N–H and O–H groups in total. The van der Waals surface area contributed by atoms with Gasteiger partial charge in [-0.15, -0.1) is 0 Å². The van der Waals surface area contributed by atoms with Crippen molar-refractivity contribution in [2.75, 3.05) is 11.9 Å². The third kappa shape index (κ3) is 3.32. The van der Waals surface area contributed by atoms with E-state index in [1.807, 2.05) is 30.3 Å². The van der Waals surface area contributed by atoms with Crippen LogP contribution in [-0.2, 0) is 11.3 Å². The Morgan fingerprint density at radius 2 is 1.79 bits per heavy atom. The Bertz CT molecular complexity index is 935. The summed E-state index contributed by atoms with van der Waals surface area (Å²) in [5.74, 6) is 0.475. The van der Waals surface area contributed by atoms with Gasteiger partial charge in [-0.2, -0.15) is 0 Å². The third-order valence-electron chi connectivity index (χ3n) is 4.81. The Kier molecular flexibility index (Phi) is 5.20. The van der Waals surface area contributed by atoms with Gasteiger partial charge in [-0.3, -0.25) is 4.57 Å². The molecule has 1 aromatic carbocycles. The molecule has 148 valence electrons. The number of aliphatic hydroxyl groups excluding tert-OH is 4. The number of aliphatic hydroxyl groups is 4. The summed E-state index contributed by atoms with van der Waals surface area (Å²) in [6.45, 7) is -0.00347. The normalized spacial score (nSPS) is 27.8. The van der Waals surface area contributed by atoms with Gasteiger partial charge >= 0.3 is 0 Å². The molecular weight excluding hydrogens is 366 g/mol. The second kappa shape index (κ2) is 7.78. The molecule has 10 heteroatoms. The van der Waals surface area contributed by atoms with Crippen molar-refractivity contribution in [1.82, 2.24) is 19.5 Å². The number of hydrogen-bond acceptors (Lipinski definition) is 9. The molecule has 0 saturated carbocycles. The molecular formula is C18H21N5O5. The average Bonchev–Trinajstić information content (AvgIpc) is 3.16. The van der Waals surface area contributed by atoms with Gasteiger partial charge in [0.25, 0.3) is 0 Å². The van der Waals surface area contributed by atoms with Gasteiger partial charge in [0.1, 0.15) is 42.6 Å². The number of nitrogens with one attached hydrogen (secondary N) is 1. The summed E-state index contributed by atoms with van der Waals surface area (Å²) >= 11 is 0. The number of aromatic nitrogens is 4. The maximum absolute atomic E-state index is 10.4. The van der Waals surface area contributed by atoms with Crippen molar-refractivity contribution in [3.8, 4) is 0 Å². The van der Waals surface area contributed by atoms with Gasteiger partial charge in [-0.1, -0.05) is 30.3 Å². The molecule has 3 aromatic rings. The zero-order chi connectivity index (χ0) is 19.7. The minimum absolute atomic E-state index is 0.377. The second-order valence-corrected chi connectivity index (χ2v) is 6.60. The first-order valence-corrected chi connectivity index (χ1v) is 8.86. The van der Waals surface area contributed by atoms with Gasteiger partial charge in [0.15, 0.2) is 17.7 Å². The maximum atomic E-state index is 10.4. The van der Waals surface area contributed by atoms with E-state index in [4.69, 9.17) is 4.74 Å². The number of imidazole rings is 1. The van der Waals surface area contributed by atoms with Gasteiger partial charge in [-0.05, 0) is 5.56 Å². The number of hydrogen-bond donors (Lipinski definition) is 5. The smallest absolute Gasteiger partial charge is 0.183 e. The first-order valence-electron chi connectivity index (χ1n) is 8.86. The summed E-state index contributed by atoms with van der Waals surface area (Å²) in [7, 11) is 0. The summed E-state index contributed by atoms with van der Waals surface area (Å²) in [5, 5.41) is 43.1. The molecule has 0 unspecified atom stereocenters. The molecule has 1 aliphatic rings. The van der Waals surface area contributed by atoms with E-state index in [-0.39, 0.29) is 0 Å². The summed E-state index contributed by atoms with van der Waals surface area (Å²) in [6.07, 6.45) is -3.66. The van der Waals surface area contributed by atoms with Crippen LogP contribution in [0.25, 0.3) is 11.2 Å². The number of benzene rings is 1. The van der Waals surface area contributed by atoms with Crippen molar-refractivity contribution in [3.63, 3.8) is 0 Å². The molecule has 5 atom stereocenters. The van der Waals surface area contributed by atoms with Crippen molar-refractivity contribution in [1.29, 1.82) is 0 Å². The van der Waals surface area contributed by atoms with E-state index in [0.717, 1.165) is 5.56 Å². The monoisotopic (exact) mass is 387 g/mol. The van der Waals surface area contributed by atoms with E-state index >= 15 is 0 Å². The van der Waals surface area contributed by atoms with Crippen LogP contribution in [0.3, 0.4) is 0 Å². The molecule has 10 nitrogen and oxygen atoms in total. The number of fused-ring (bicyclic) bond motifs is 1. The highest BCUT2D eigenvalue weighted by atomic mass is 16.6. The van der Waals surface area contributed by atoms with Crippen molar-refractivity contribution >= 4 is 17.0 Å². The lowest BCUT2D eigenvalue weighted by Crippen LogP contribution is -2.56. The fraction of sp³-hybridized carbons (Fsp3) is 0.389. The Morgan fingerprint density at radius 3 is 2.54 bits per heavy atom. The number of anilines is 1. The lowest BCUT2D eigenvalue weighted by atomic mass is 9.98. The maximum Gasteiger partial charge on any atom is 0.183 e. The standard InChI is InChI=1S/C18H21N5O5/c24-7-11-13(25)14(26)15(27)18(28-11)23-9-22-17-12(23)16(20-8-21-17)19-6-10-4-2-1-3-5-10/h1-5,8-9,11,13-15,18,24-27H,6-7H2,(H,19,20,21)/t11-,13-,14+,15-,18-/m1/s1. The van der Waals surface area contributed by atoms with E-state index in [1.54, 1.807) is 0 Å². The molecule has 0 bridgehead atoms. The average molecular weight is 387 g/mol. The Morgan fingerprint density at radius 1 is 1.00 bits per heavy atom. The van der Waals surface area contributed by atoms with Gasteiger partial charge in [0, 0.05) is 6.54 Å². The molecule has 0 amide bonds. The molecule has 1 fully saturated rings. The van der Waals surface area contributed by atoms with Gasteiger partial charge in [0.05, 0.1) is 6.61 Å². The van der Waals surface area contributed by atoms with Crippen molar-refractivity contribution in [2.24, 2.45) is 0 Å². The highest BCUT2D eigenvalue weighted by Gasteiger charge is 2.44. The Labute approximate surface area is 160 Å². The highest BCUT2D eigenvalue weighted by molar-refractivity contribution is 5.83. The van der Waals surface area contributed by atoms with Gasteiger partial charge in [-0.25, -0.2) is 15.0 Å². The van der Waals surface area contributed by atoms with Crippen LogP contribution >= 0.6 is 0 Å². The first kappa shape index (κ1) is 18.7. The number of ether oxygens (including phenoxy) is 1. The van der Waals surface area contributed by atoms with E-state index in [9.17, 15) is 20.4 Å². The summed E-state index contributed by atoms with van der Waals surface area (Å²) in [5.41, 5.74) is 1.90. The minimum atomic E-state index is -1.49. The zero-order valence-corrected chi connectivity index (χ0v) is 14.8. The zero-order valence-electron chi connectivity index (χ0n) is 14.8. The van der Waals surface area contributed by atoms with Crippen LogP contribution < -0.4 is 5.32 Å². The van der Waals surface area contributed by atoms with Crippen molar-refractivity contribution in [3.05, 3.63) is 48.5 Å². The fourth-order valence-electron chi connectivity index (χ4n) is 3.29. The van der Waals surface area contributed by atoms with Crippen LogP contribution in [0, 0.1) is 0 Å². The van der Waals surface area contributed by atoms with E-state index in [0.29, 0.717) is 23.5 Å². The molecule has 0 spiro atoms. The third-order valence-corrected chi connectivity index (χ3v) is 4.81. The topological polar surface area (TPSA) is 146 Å². The molecule has 0 radical (unpaired) electrons. The Balaban J connectivity index is 1.68. The summed E-state index contributed by atoms with van der Waals surface area (Å²) in [6, 6.07) is 9.75. The van der Waals surface area contributed by atoms with Crippen LogP contribution in [0.2, 0.25) is 0 Å². The molecule has 1 saturated heterocycles. The molecule has 28 heavy (non-hydrogen) atoms. The predicted octanol–water partition coefficient (Wildman–Crippen LogP) is -0.589. The molecule has 4 rings (SSSR count). The highest BCUT2D eigenvalue weighted by Crippen LogP contribution is 2.32. The van der Waals surface area contributed by atoms with Crippen LogP contribution in [0.1, 0.15) is 11.8 Å². The van der Waals surface area contributed by atoms with Gasteiger partial charge in [0.2, 0.25) is 0 Å². The van der Waals surface area contributed by atoms with Gasteiger partial charge < -0.3 is 30.5 Å². The lowest BCUT2D eigenvalue weighted by molar-refractivity contribution is -0.250. The quantitative estimate of drug-likeness (QED) is 0.388. The number of rotatable bonds is 5. The SMILES string of the molecule is OC[C@H]1O[C@@H](n2cnc3ncnc(NCc4ccccc4)c32)[C@H](O)[C@@H](O)[C@@H]1O. The van der Waals surface area contributed by atoms with Crippen LogP contribution in [0.15, 0.2) is 43.0 Å². The number of nitrogens with zero attached hydrogens (tertiary/aromatic N) is 4. The van der Waals surface area contributed by atoms with E-state index < -0.39 is 37.3 Å². The lowest BCUT2D eigenvalue weighted by Gasteiger charge is -2.40.